The molecule has 1 aliphatic heterocycles. The number of amides is 1. The minimum Gasteiger partial charge on any atom is -0.444 e. The molecule has 0 bridgehead atoms. The maximum absolute atomic E-state index is 12.1. The van der Waals surface area contributed by atoms with Crippen LogP contribution in [0.3, 0.4) is 0 Å². The van der Waals surface area contributed by atoms with Crippen LogP contribution in [0.4, 0.5) is 4.79 Å². The summed E-state index contributed by atoms with van der Waals surface area (Å²) in [5, 5.41) is 0. The molecule has 0 aromatic heterocycles. The van der Waals surface area contributed by atoms with E-state index in [1.165, 1.54) is 4.90 Å². The minimum absolute atomic E-state index is 0.361. The van der Waals surface area contributed by atoms with Gasteiger partial charge in [-0.3, -0.25) is 4.90 Å². The van der Waals surface area contributed by atoms with E-state index in [4.69, 9.17) is 9.47 Å². The van der Waals surface area contributed by atoms with Crippen molar-refractivity contribution >= 4 is 12.4 Å². The van der Waals surface area contributed by atoms with Crippen molar-refractivity contribution in [2.75, 3.05) is 20.3 Å². The molecule has 1 atom stereocenters. The predicted octanol–water partition coefficient (Wildman–Crippen LogP) is 1.85. The zero-order valence-corrected chi connectivity index (χ0v) is 12.1. The largest absolute Gasteiger partial charge is 0.444 e. The molecule has 0 spiro atoms. The molecule has 104 valence electrons. The third-order valence-corrected chi connectivity index (χ3v) is 3.66. The van der Waals surface area contributed by atoms with Crippen LogP contribution in [0.15, 0.2) is 0 Å². The van der Waals surface area contributed by atoms with Crippen molar-refractivity contribution in [3.63, 3.8) is 0 Å². The van der Waals surface area contributed by atoms with E-state index in [1.807, 2.05) is 6.92 Å². The van der Waals surface area contributed by atoms with Crippen LogP contribution in [-0.2, 0) is 14.3 Å². The number of hydrogen-bond donors (Lipinski definition) is 0. The van der Waals surface area contributed by atoms with Crippen molar-refractivity contribution < 1.29 is 19.1 Å². The van der Waals surface area contributed by atoms with Gasteiger partial charge in [0, 0.05) is 12.5 Å². The summed E-state index contributed by atoms with van der Waals surface area (Å²) < 4.78 is 10.5. The maximum Gasteiger partial charge on any atom is 0.410 e. The smallest absolute Gasteiger partial charge is 0.410 e. The van der Waals surface area contributed by atoms with Crippen LogP contribution in [0.2, 0.25) is 0 Å². The lowest BCUT2D eigenvalue weighted by Crippen LogP contribution is -2.66. The Hall–Kier alpha value is -1.10. The molecule has 0 aromatic rings. The van der Waals surface area contributed by atoms with Crippen molar-refractivity contribution in [1.82, 2.24) is 4.90 Å². The molecule has 1 rings (SSSR count). The van der Waals surface area contributed by atoms with E-state index in [0.29, 0.717) is 13.2 Å². The van der Waals surface area contributed by atoms with E-state index in [1.54, 1.807) is 34.7 Å². The molecule has 1 amide bonds. The monoisotopic (exact) mass is 257 g/mol. The lowest BCUT2D eigenvalue weighted by Gasteiger charge is -2.52. The molecule has 18 heavy (non-hydrogen) atoms. The SMILES string of the molecule is CN(C(=O)OC(C)(C)C)C(C)(C=O)C1(C)COC1. The van der Waals surface area contributed by atoms with Crippen LogP contribution in [0.1, 0.15) is 34.6 Å². The van der Waals surface area contributed by atoms with Gasteiger partial charge >= 0.3 is 6.09 Å². The quantitative estimate of drug-likeness (QED) is 0.724. The molecule has 1 heterocycles. The van der Waals surface area contributed by atoms with Crippen molar-refractivity contribution in [2.24, 2.45) is 5.41 Å². The van der Waals surface area contributed by atoms with Crippen molar-refractivity contribution in [2.45, 2.75) is 45.8 Å². The molecular formula is C13H23NO4. The first-order valence-electron chi connectivity index (χ1n) is 6.07. The Morgan fingerprint density at radius 3 is 2.11 bits per heavy atom. The Balaban J connectivity index is 2.88. The summed E-state index contributed by atoms with van der Waals surface area (Å²) in [4.78, 5) is 24.9. The third kappa shape index (κ3) is 2.51. The van der Waals surface area contributed by atoms with Crippen LogP contribution in [-0.4, -0.2) is 48.7 Å². The van der Waals surface area contributed by atoms with Gasteiger partial charge in [0.15, 0.2) is 0 Å². The molecule has 0 aliphatic carbocycles. The van der Waals surface area contributed by atoms with Crippen molar-refractivity contribution in [1.29, 1.82) is 0 Å². The minimum atomic E-state index is -0.923. The number of likely N-dealkylation sites (N-methyl/N-ethyl adjacent to an activating group) is 1. The molecule has 5 heteroatoms. The summed E-state index contributed by atoms with van der Waals surface area (Å²) >= 11 is 0. The highest BCUT2D eigenvalue weighted by Crippen LogP contribution is 2.41. The molecule has 0 saturated carbocycles. The highest BCUT2D eigenvalue weighted by atomic mass is 16.6. The highest BCUT2D eigenvalue weighted by molar-refractivity contribution is 5.77. The number of ether oxygens (including phenoxy) is 2. The summed E-state index contributed by atoms with van der Waals surface area (Å²) in [6.45, 7) is 10.0. The van der Waals surface area contributed by atoms with Crippen LogP contribution in [0.5, 0.6) is 0 Å². The van der Waals surface area contributed by atoms with Gasteiger partial charge in [0.1, 0.15) is 17.4 Å². The summed E-state index contributed by atoms with van der Waals surface area (Å²) in [7, 11) is 1.59. The lowest BCUT2D eigenvalue weighted by molar-refractivity contribution is -0.174. The van der Waals surface area contributed by atoms with Gasteiger partial charge in [-0.1, -0.05) is 6.92 Å². The van der Waals surface area contributed by atoms with Crippen LogP contribution in [0.25, 0.3) is 0 Å². The number of carbonyl (C=O) groups is 2. The van der Waals surface area contributed by atoms with E-state index in [9.17, 15) is 9.59 Å². The third-order valence-electron chi connectivity index (χ3n) is 3.66. The second-order valence-electron chi connectivity index (χ2n) is 6.36. The average Bonchev–Trinajstić information content (AvgIpc) is 2.21. The second kappa shape index (κ2) is 4.53. The lowest BCUT2D eigenvalue weighted by atomic mass is 9.70. The van der Waals surface area contributed by atoms with Crippen LogP contribution >= 0.6 is 0 Å². The van der Waals surface area contributed by atoms with E-state index < -0.39 is 17.2 Å². The number of rotatable bonds is 3. The van der Waals surface area contributed by atoms with Crippen molar-refractivity contribution in [3.8, 4) is 0 Å². The van der Waals surface area contributed by atoms with Crippen molar-refractivity contribution in [3.05, 3.63) is 0 Å². The Kier molecular flexibility index (Phi) is 3.77. The fourth-order valence-corrected chi connectivity index (χ4v) is 1.85. The first-order chi connectivity index (χ1) is 8.06. The van der Waals surface area contributed by atoms with Gasteiger partial charge in [0.2, 0.25) is 0 Å². The Labute approximate surface area is 108 Å². The fraction of sp³-hybridized carbons (Fsp3) is 0.846. The molecule has 0 N–H and O–H groups in total. The summed E-state index contributed by atoms with van der Waals surface area (Å²) in [6, 6.07) is 0. The van der Waals surface area contributed by atoms with E-state index >= 15 is 0 Å². The molecule has 0 radical (unpaired) electrons. The number of hydrogen-bond acceptors (Lipinski definition) is 4. The zero-order valence-electron chi connectivity index (χ0n) is 12.1. The van der Waals surface area contributed by atoms with Gasteiger partial charge in [-0.2, -0.15) is 0 Å². The zero-order chi connectivity index (χ0) is 14.2. The molecular weight excluding hydrogens is 234 g/mol. The standard InChI is InChI=1S/C13H23NO4/c1-11(2,3)18-10(16)14(6)13(5,7-15)12(4)8-17-9-12/h7H,8-9H2,1-6H3. The number of carbonyl (C=O) groups excluding carboxylic acids is 2. The first kappa shape index (κ1) is 15.0. The Morgan fingerprint density at radius 2 is 1.83 bits per heavy atom. The van der Waals surface area contributed by atoms with Crippen LogP contribution in [0, 0.1) is 5.41 Å². The van der Waals surface area contributed by atoms with Gasteiger partial charge in [-0.15, -0.1) is 0 Å². The molecule has 0 aromatic carbocycles. The molecule has 1 unspecified atom stereocenters. The van der Waals surface area contributed by atoms with Gasteiger partial charge in [-0.05, 0) is 27.7 Å². The molecule has 5 nitrogen and oxygen atoms in total. The van der Waals surface area contributed by atoms with E-state index in [-0.39, 0.29) is 5.41 Å². The predicted molar refractivity (Wildman–Crippen MR) is 67.4 cm³/mol. The topological polar surface area (TPSA) is 55.8 Å². The molecule has 1 saturated heterocycles. The first-order valence-corrected chi connectivity index (χ1v) is 6.07. The van der Waals surface area contributed by atoms with E-state index in [0.717, 1.165) is 6.29 Å². The number of aldehydes is 1. The van der Waals surface area contributed by atoms with Crippen LogP contribution < -0.4 is 0 Å². The Bertz CT molecular complexity index is 343. The van der Waals surface area contributed by atoms with E-state index in [2.05, 4.69) is 0 Å². The highest BCUT2D eigenvalue weighted by Gasteiger charge is 2.54. The fourth-order valence-electron chi connectivity index (χ4n) is 1.85. The summed E-state index contributed by atoms with van der Waals surface area (Å²) in [6.07, 6.45) is 0.310. The molecule has 1 aliphatic rings. The normalized spacial score (nSPS) is 21.4. The van der Waals surface area contributed by atoms with Gasteiger partial charge < -0.3 is 14.3 Å². The average molecular weight is 257 g/mol. The summed E-state index contributed by atoms with van der Waals surface area (Å²) in [5.41, 5.74) is -1.86. The second-order valence-corrected chi connectivity index (χ2v) is 6.36. The Morgan fingerprint density at radius 1 is 1.33 bits per heavy atom. The van der Waals surface area contributed by atoms with Gasteiger partial charge in [0.05, 0.1) is 13.2 Å². The molecule has 1 fully saturated rings. The maximum atomic E-state index is 12.1. The van der Waals surface area contributed by atoms with Gasteiger partial charge in [0.25, 0.3) is 0 Å². The summed E-state index contributed by atoms with van der Waals surface area (Å²) in [5.74, 6) is 0. The van der Waals surface area contributed by atoms with Gasteiger partial charge in [-0.25, -0.2) is 4.79 Å². The number of nitrogens with zero attached hydrogens (tertiary/aromatic N) is 1.